The van der Waals surface area contributed by atoms with Gasteiger partial charge in [0, 0.05) is 18.4 Å². The van der Waals surface area contributed by atoms with Gasteiger partial charge in [0.25, 0.3) is 0 Å². The fraction of sp³-hybridized carbons (Fsp3) is 0.857. The second-order valence-corrected chi connectivity index (χ2v) is 5.43. The molecule has 0 aromatic rings. The fourth-order valence-corrected chi connectivity index (χ4v) is 2.73. The van der Waals surface area contributed by atoms with Crippen LogP contribution in [0.2, 0.25) is 0 Å². The summed E-state index contributed by atoms with van der Waals surface area (Å²) >= 11 is 0. The zero-order valence-electron chi connectivity index (χ0n) is 11.1. The molecule has 0 heterocycles. The number of hydrogen-bond acceptors (Lipinski definition) is 3. The molecular formula is C14H23NO3. The average Bonchev–Trinajstić information content (AvgIpc) is 3.21. The number of rotatable bonds is 5. The molecular weight excluding hydrogens is 230 g/mol. The molecule has 102 valence electrons. The molecule has 0 aromatic heterocycles. The molecule has 0 aromatic carbocycles. The van der Waals surface area contributed by atoms with E-state index in [0.29, 0.717) is 6.54 Å². The van der Waals surface area contributed by atoms with Crippen molar-refractivity contribution in [3.05, 3.63) is 0 Å². The third-order valence-corrected chi connectivity index (χ3v) is 3.89. The van der Waals surface area contributed by atoms with Gasteiger partial charge in [-0.25, -0.2) is 4.79 Å². The smallest absolute Gasteiger partial charge is 0.407 e. The summed E-state index contributed by atoms with van der Waals surface area (Å²) in [5, 5.41) is 2.62. The van der Waals surface area contributed by atoms with Crippen LogP contribution in [0.4, 0.5) is 4.79 Å². The topological polar surface area (TPSA) is 55.4 Å². The Balaban J connectivity index is 1.96. The van der Waals surface area contributed by atoms with E-state index in [9.17, 15) is 9.59 Å². The van der Waals surface area contributed by atoms with Crippen LogP contribution in [0.25, 0.3) is 0 Å². The molecule has 0 spiro atoms. The van der Waals surface area contributed by atoms with Gasteiger partial charge in [0.15, 0.2) is 11.9 Å². The van der Waals surface area contributed by atoms with Crippen LogP contribution in [0.5, 0.6) is 0 Å². The van der Waals surface area contributed by atoms with Gasteiger partial charge in [0.1, 0.15) is 0 Å². The summed E-state index contributed by atoms with van der Waals surface area (Å²) in [4.78, 5) is 23.8. The number of carbonyl (C=O) groups is 2. The Morgan fingerprint density at radius 3 is 2.39 bits per heavy atom. The number of nitrogens with one attached hydrogen (secondary N) is 1. The quantitative estimate of drug-likeness (QED) is 0.819. The predicted molar refractivity (Wildman–Crippen MR) is 68.3 cm³/mol. The highest BCUT2D eigenvalue weighted by Gasteiger charge is 2.40. The number of hydrogen-bond donors (Lipinski definition) is 1. The van der Waals surface area contributed by atoms with Crippen LogP contribution in [0.1, 0.15) is 51.9 Å². The van der Waals surface area contributed by atoms with Gasteiger partial charge in [-0.2, -0.15) is 0 Å². The monoisotopic (exact) mass is 253 g/mol. The molecule has 4 nitrogen and oxygen atoms in total. The van der Waals surface area contributed by atoms with Crippen molar-refractivity contribution in [3.8, 4) is 0 Å². The van der Waals surface area contributed by atoms with Crippen molar-refractivity contribution in [2.75, 3.05) is 6.54 Å². The molecule has 0 radical (unpaired) electrons. The van der Waals surface area contributed by atoms with E-state index in [2.05, 4.69) is 5.32 Å². The van der Waals surface area contributed by atoms with Gasteiger partial charge in [-0.15, -0.1) is 0 Å². The van der Waals surface area contributed by atoms with E-state index in [1.165, 1.54) is 6.42 Å². The Morgan fingerprint density at radius 1 is 1.17 bits per heavy atom. The summed E-state index contributed by atoms with van der Waals surface area (Å²) in [7, 11) is 0. The van der Waals surface area contributed by atoms with Crippen molar-refractivity contribution in [1.29, 1.82) is 0 Å². The van der Waals surface area contributed by atoms with Crippen molar-refractivity contribution in [1.82, 2.24) is 5.32 Å². The van der Waals surface area contributed by atoms with Gasteiger partial charge >= 0.3 is 6.09 Å². The molecule has 2 saturated carbocycles. The minimum Gasteiger partial charge on any atom is -0.438 e. The van der Waals surface area contributed by atoms with Gasteiger partial charge in [-0.1, -0.05) is 19.3 Å². The summed E-state index contributed by atoms with van der Waals surface area (Å²) in [6.07, 6.45) is 6.58. The van der Waals surface area contributed by atoms with E-state index in [0.717, 1.165) is 38.5 Å². The lowest BCUT2D eigenvalue weighted by Gasteiger charge is -2.29. The van der Waals surface area contributed by atoms with Crippen molar-refractivity contribution >= 4 is 11.9 Å². The van der Waals surface area contributed by atoms with E-state index in [-0.39, 0.29) is 17.6 Å². The third-order valence-electron chi connectivity index (χ3n) is 3.89. The van der Waals surface area contributed by atoms with Crippen LogP contribution in [0.3, 0.4) is 0 Å². The Labute approximate surface area is 108 Å². The average molecular weight is 253 g/mol. The predicted octanol–water partition coefficient (Wildman–Crippen LogP) is 2.66. The number of carbonyl (C=O) groups excluding carboxylic acids is 2. The van der Waals surface area contributed by atoms with Gasteiger partial charge in [0.2, 0.25) is 0 Å². The largest absolute Gasteiger partial charge is 0.438 e. The summed E-state index contributed by atoms with van der Waals surface area (Å²) in [5.74, 6) is 0.564. The lowest BCUT2D eigenvalue weighted by molar-refractivity contribution is -0.132. The molecule has 2 rings (SSSR count). The first-order valence-electron chi connectivity index (χ1n) is 7.20. The van der Waals surface area contributed by atoms with Crippen LogP contribution < -0.4 is 5.32 Å². The summed E-state index contributed by atoms with van der Waals surface area (Å²) in [5.41, 5.74) is 0. The van der Waals surface area contributed by atoms with E-state index in [1.807, 2.05) is 6.92 Å². The van der Waals surface area contributed by atoms with Crippen LogP contribution in [-0.2, 0) is 9.53 Å². The zero-order chi connectivity index (χ0) is 13.0. The molecule has 2 aliphatic carbocycles. The SMILES string of the molecule is CCNC(=O)OC(C(=O)C1CC1)C1CCCCC1. The summed E-state index contributed by atoms with van der Waals surface area (Å²) < 4.78 is 5.39. The first kappa shape index (κ1) is 13.4. The Hall–Kier alpha value is -1.06. The molecule has 1 atom stereocenters. The minimum absolute atomic E-state index is 0.159. The third kappa shape index (κ3) is 3.47. The Morgan fingerprint density at radius 2 is 1.83 bits per heavy atom. The maximum atomic E-state index is 12.2. The van der Waals surface area contributed by atoms with Gasteiger partial charge in [0.05, 0.1) is 0 Å². The Kier molecular flexibility index (Phi) is 4.61. The normalized spacial score (nSPS) is 22.3. The van der Waals surface area contributed by atoms with E-state index >= 15 is 0 Å². The highest BCUT2D eigenvalue weighted by Crippen LogP contribution is 2.36. The van der Waals surface area contributed by atoms with Gasteiger partial charge in [-0.05, 0) is 32.6 Å². The van der Waals surface area contributed by atoms with Crippen molar-refractivity contribution in [3.63, 3.8) is 0 Å². The van der Waals surface area contributed by atoms with E-state index in [1.54, 1.807) is 0 Å². The maximum absolute atomic E-state index is 12.2. The van der Waals surface area contributed by atoms with Gasteiger partial charge in [-0.3, -0.25) is 4.79 Å². The molecule has 0 bridgehead atoms. The number of ketones is 1. The highest BCUT2D eigenvalue weighted by atomic mass is 16.6. The lowest BCUT2D eigenvalue weighted by Crippen LogP contribution is -2.39. The molecule has 4 heteroatoms. The van der Waals surface area contributed by atoms with Crippen LogP contribution in [0, 0.1) is 11.8 Å². The number of Topliss-reactive ketones (excluding diaryl/α,β-unsaturated/α-hetero) is 1. The van der Waals surface area contributed by atoms with Crippen LogP contribution >= 0.6 is 0 Å². The zero-order valence-corrected chi connectivity index (χ0v) is 11.1. The van der Waals surface area contributed by atoms with Crippen LogP contribution in [0.15, 0.2) is 0 Å². The number of amides is 1. The first-order valence-corrected chi connectivity index (χ1v) is 7.20. The van der Waals surface area contributed by atoms with Crippen molar-refractivity contribution in [2.45, 2.75) is 58.0 Å². The number of alkyl carbamates (subject to hydrolysis) is 1. The van der Waals surface area contributed by atoms with Crippen molar-refractivity contribution < 1.29 is 14.3 Å². The van der Waals surface area contributed by atoms with Gasteiger partial charge < -0.3 is 10.1 Å². The van der Waals surface area contributed by atoms with E-state index < -0.39 is 12.2 Å². The summed E-state index contributed by atoms with van der Waals surface area (Å²) in [6, 6.07) is 0. The molecule has 2 aliphatic rings. The van der Waals surface area contributed by atoms with Crippen molar-refractivity contribution in [2.24, 2.45) is 11.8 Å². The molecule has 0 aliphatic heterocycles. The van der Waals surface area contributed by atoms with Crippen LogP contribution in [-0.4, -0.2) is 24.5 Å². The van der Waals surface area contributed by atoms with E-state index in [4.69, 9.17) is 4.74 Å². The standard InChI is InChI=1S/C14H23NO3/c1-2-15-14(17)18-13(12(16)10-8-9-10)11-6-4-3-5-7-11/h10-11,13H,2-9H2,1H3,(H,15,17). The lowest BCUT2D eigenvalue weighted by atomic mass is 9.83. The molecule has 1 amide bonds. The molecule has 18 heavy (non-hydrogen) atoms. The summed E-state index contributed by atoms with van der Waals surface area (Å²) in [6.45, 7) is 2.38. The Bertz CT molecular complexity index is 306. The second kappa shape index (κ2) is 6.21. The molecule has 2 fully saturated rings. The minimum atomic E-state index is -0.496. The highest BCUT2D eigenvalue weighted by molar-refractivity contribution is 5.89. The second-order valence-electron chi connectivity index (χ2n) is 5.43. The molecule has 1 unspecified atom stereocenters. The fourth-order valence-electron chi connectivity index (χ4n) is 2.73. The molecule has 0 saturated heterocycles. The first-order chi connectivity index (χ1) is 8.72. The maximum Gasteiger partial charge on any atom is 0.407 e. The number of ether oxygens (including phenoxy) is 1. The molecule has 1 N–H and O–H groups in total.